The Kier molecular flexibility index (Phi) is 5.91. The van der Waals surface area contributed by atoms with Crippen molar-refractivity contribution in [3.05, 3.63) is 102 Å². The van der Waals surface area contributed by atoms with Crippen molar-refractivity contribution < 1.29 is 4.79 Å². The molecule has 3 aromatic carbocycles. The van der Waals surface area contributed by atoms with Crippen LogP contribution in [0.2, 0.25) is 0 Å². The molecule has 0 bridgehead atoms. The highest BCUT2D eigenvalue weighted by Gasteiger charge is 2.16. The molecule has 0 aliphatic carbocycles. The molecule has 0 saturated heterocycles. The molecular formula is C22H21NOS. The van der Waals surface area contributed by atoms with E-state index in [1.165, 1.54) is 5.56 Å². The van der Waals surface area contributed by atoms with Gasteiger partial charge < -0.3 is 5.32 Å². The van der Waals surface area contributed by atoms with Gasteiger partial charge in [-0.2, -0.15) is 0 Å². The summed E-state index contributed by atoms with van der Waals surface area (Å²) in [6, 6.07) is 28.3. The second-order valence-corrected chi connectivity index (χ2v) is 6.97. The van der Waals surface area contributed by atoms with E-state index in [1.807, 2.05) is 48.5 Å². The van der Waals surface area contributed by atoms with Crippen molar-refractivity contribution in [2.45, 2.75) is 17.9 Å². The monoisotopic (exact) mass is 347 g/mol. The number of carbonyl (C=O) groups is 1. The molecule has 3 heteroatoms. The van der Waals surface area contributed by atoms with E-state index in [-0.39, 0.29) is 11.9 Å². The number of carbonyl (C=O) groups excluding carboxylic acids is 1. The summed E-state index contributed by atoms with van der Waals surface area (Å²) in [7, 11) is 0. The van der Waals surface area contributed by atoms with Gasteiger partial charge in [-0.15, -0.1) is 11.8 Å². The lowest BCUT2D eigenvalue weighted by atomic mass is 9.98. The molecule has 0 aliphatic rings. The molecule has 0 radical (unpaired) electrons. The van der Waals surface area contributed by atoms with Crippen LogP contribution in [-0.2, 0) is 4.79 Å². The third kappa shape index (κ3) is 4.97. The fourth-order valence-electron chi connectivity index (χ4n) is 2.63. The van der Waals surface area contributed by atoms with Gasteiger partial charge in [-0.25, -0.2) is 0 Å². The van der Waals surface area contributed by atoms with Gasteiger partial charge in [0.1, 0.15) is 0 Å². The minimum Gasteiger partial charge on any atom is -0.344 e. The number of amides is 1. The van der Waals surface area contributed by atoms with Crippen molar-refractivity contribution in [2.75, 3.05) is 5.75 Å². The number of thioether (sulfide) groups is 1. The molecule has 0 aliphatic heterocycles. The van der Waals surface area contributed by atoms with Gasteiger partial charge in [-0.1, -0.05) is 78.4 Å². The van der Waals surface area contributed by atoms with Gasteiger partial charge in [0.25, 0.3) is 0 Å². The fraction of sp³-hybridized carbons (Fsp3) is 0.136. The van der Waals surface area contributed by atoms with E-state index in [2.05, 4.69) is 48.6 Å². The van der Waals surface area contributed by atoms with Crippen molar-refractivity contribution >= 4 is 17.7 Å². The SMILES string of the molecule is Cc1ccc(C(NC(=O)CSc2ccccc2)c2ccccc2)cc1. The lowest BCUT2D eigenvalue weighted by molar-refractivity contribution is -0.119. The Bertz CT molecular complexity index is 800. The third-order valence-corrected chi connectivity index (χ3v) is 4.97. The Labute approximate surface area is 153 Å². The van der Waals surface area contributed by atoms with Gasteiger partial charge >= 0.3 is 0 Å². The molecule has 3 rings (SSSR count). The second kappa shape index (κ2) is 8.54. The molecule has 1 atom stereocenters. The van der Waals surface area contributed by atoms with Gasteiger partial charge in [-0.3, -0.25) is 4.79 Å². The number of aryl methyl sites for hydroxylation is 1. The number of hydrogen-bond acceptors (Lipinski definition) is 2. The first-order valence-corrected chi connectivity index (χ1v) is 9.29. The largest absolute Gasteiger partial charge is 0.344 e. The molecule has 0 aromatic heterocycles. The van der Waals surface area contributed by atoms with E-state index < -0.39 is 0 Å². The van der Waals surface area contributed by atoms with Crippen LogP contribution in [0.15, 0.2) is 89.8 Å². The molecule has 0 heterocycles. The van der Waals surface area contributed by atoms with E-state index in [4.69, 9.17) is 0 Å². The first-order chi connectivity index (χ1) is 12.2. The summed E-state index contributed by atoms with van der Waals surface area (Å²) in [6.45, 7) is 2.07. The summed E-state index contributed by atoms with van der Waals surface area (Å²) in [5, 5.41) is 3.18. The highest BCUT2D eigenvalue weighted by atomic mass is 32.2. The quantitative estimate of drug-likeness (QED) is 0.636. The molecule has 1 unspecified atom stereocenters. The number of benzene rings is 3. The maximum atomic E-state index is 12.5. The van der Waals surface area contributed by atoms with Crippen LogP contribution >= 0.6 is 11.8 Å². The van der Waals surface area contributed by atoms with Crippen molar-refractivity contribution in [1.29, 1.82) is 0 Å². The summed E-state index contributed by atoms with van der Waals surface area (Å²) >= 11 is 1.55. The highest BCUT2D eigenvalue weighted by Crippen LogP contribution is 2.23. The summed E-state index contributed by atoms with van der Waals surface area (Å²) < 4.78 is 0. The van der Waals surface area contributed by atoms with E-state index >= 15 is 0 Å². The summed E-state index contributed by atoms with van der Waals surface area (Å²) in [4.78, 5) is 13.6. The zero-order valence-electron chi connectivity index (χ0n) is 14.2. The topological polar surface area (TPSA) is 29.1 Å². The Balaban J connectivity index is 1.73. The Hall–Kier alpha value is -2.52. The van der Waals surface area contributed by atoms with Gasteiger partial charge in [-0.05, 0) is 30.2 Å². The van der Waals surface area contributed by atoms with Crippen LogP contribution in [-0.4, -0.2) is 11.7 Å². The van der Waals surface area contributed by atoms with Gasteiger partial charge in [0.2, 0.25) is 5.91 Å². The highest BCUT2D eigenvalue weighted by molar-refractivity contribution is 8.00. The molecule has 1 N–H and O–H groups in total. The molecule has 2 nitrogen and oxygen atoms in total. The van der Waals surface area contributed by atoms with Gasteiger partial charge in [0.05, 0.1) is 11.8 Å². The smallest absolute Gasteiger partial charge is 0.231 e. The van der Waals surface area contributed by atoms with Crippen LogP contribution in [0.1, 0.15) is 22.7 Å². The average molecular weight is 347 g/mol. The number of rotatable bonds is 6. The Morgan fingerprint density at radius 3 is 2.04 bits per heavy atom. The van der Waals surface area contributed by atoms with Crippen molar-refractivity contribution in [3.8, 4) is 0 Å². The zero-order chi connectivity index (χ0) is 17.5. The summed E-state index contributed by atoms with van der Waals surface area (Å²) in [5.74, 6) is 0.433. The standard InChI is InChI=1S/C22H21NOS/c1-17-12-14-19(15-13-17)22(18-8-4-2-5-9-18)23-21(24)16-25-20-10-6-3-7-11-20/h2-15,22H,16H2,1H3,(H,23,24). The third-order valence-electron chi connectivity index (χ3n) is 3.96. The van der Waals surface area contributed by atoms with E-state index in [1.54, 1.807) is 11.8 Å². The van der Waals surface area contributed by atoms with Gasteiger partial charge in [0.15, 0.2) is 0 Å². The van der Waals surface area contributed by atoms with Crippen LogP contribution < -0.4 is 5.32 Å². The average Bonchev–Trinajstić information content (AvgIpc) is 2.67. The minimum absolute atomic E-state index is 0.0308. The molecule has 0 saturated carbocycles. The van der Waals surface area contributed by atoms with E-state index in [9.17, 15) is 4.79 Å². The van der Waals surface area contributed by atoms with E-state index in [0.29, 0.717) is 5.75 Å². The van der Waals surface area contributed by atoms with Crippen molar-refractivity contribution in [2.24, 2.45) is 0 Å². The fourth-order valence-corrected chi connectivity index (χ4v) is 3.36. The van der Waals surface area contributed by atoms with Gasteiger partial charge in [0, 0.05) is 4.90 Å². The van der Waals surface area contributed by atoms with Crippen LogP contribution in [0.5, 0.6) is 0 Å². The minimum atomic E-state index is -0.134. The normalized spacial score (nSPS) is 11.7. The van der Waals surface area contributed by atoms with Crippen molar-refractivity contribution in [3.63, 3.8) is 0 Å². The van der Waals surface area contributed by atoms with Crippen LogP contribution in [0.3, 0.4) is 0 Å². The zero-order valence-corrected chi connectivity index (χ0v) is 15.0. The molecular weight excluding hydrogens is 326 g/mol. The molecule has 0 fully saturated rings. The summed E-state index contributed by atoms with van der Waals surface area (Å²) in [5.41, 5.74) is 3.39. The van der Waals surface area contributed by atoms with Crippen LogP contribution in [0, 0.1) is 6.92 Å². The summed E-state index contributed by atoms with van der Waals surface area (Å²) in [6.07, 6.45) is 0. The predicted molar refractivity (Wildman–Crippen MR) is 105 cm³/mol. The molecule has 0 spiro atoms. The van der Waals surface area contributed by atoms with Crippen LogP contribution in [0.4, 0.5) is 0 Å². The number of hydrogen-bond donors (Lipinski definition) is 1. The maximum absolute atomic E-state index is 12.5. The lowest BCUT2D eigenvalue weighted by Crippen LogP contribution is -2.30. The molecule has 25 heavy (non-hydrogen) atoms. The van der Waals surface area contributed by atoms with Crippen molar-refractivity contribution in [1.82, 2.24) is 5.32 Å². The molecule has 3 aromatic rings. The predicted octanol–water partition coefficient (Wildman–Crippen LogP) is 4.99. The molecule has 1 amide bonds. The maximum Gasteiger partial charge on any atom is 0.231 e. The first-order valence-electron chi connectivity index (χ1n) is 8.31. The first kappa shape index (κ1) is 17.3. The lowest BCUT2D eigenvalue weighted by Gasteiger charge is -2.20. The number of nitrogens with one attached hydrogen (secondary N) is 1. The second-order valence-electron chi connectivity index (χ2n) is 5.92. The van der Waals surface area contributed by atoms with E-state index in [0.717, 1.165) is 16.0 Å². The van der Waals surface area contributed by atoms with Crippen LogP contribution in [0.25, 0.3) is 0 Å². The Morgan fingerprint density at radius 2 is 1.40 bits per heavy atom. The molecule has 126 valence electrons. The Morgan fingerprint density at radius 1 is 0.840 bits per heavy atom.